The molecule has 25 heavy (non-hydrogen) atoms. The molecule has 0 bridgehead atoms. The molecule has 0 atom stereocenters. The van der Waals surface area contributed by atoms with Crippen molar-refractivity contribution in [3.63, 3.8) is 0 Å². The number of thiophene rings is 1. The highest BCUT2D eigenvalue weighted by atomic mass is 32.1. The van der Waals surface area contributed by atoms with E-state index < -0.39 is 0 Å². The van der Waals surface area contributed by atoms with Gasteiger partial charge in [-0.1, -0.05) is 0 Å². The summed E-state index contributed by atoms with van der Waals surface area (Å²) in [6, 6.07) is 3.98. The van der Waals surface area contributed by atoms with E-state index in [1.807, 2.05) is 18.3 Å². The first-order valence-corrected chi connectivity index (χ1v) is 9.00. The molecule has 0 fully saturated rings. The number of ether oxygens (including phenoxy) is 1. The van der Waals surface area contributed by atoms with Crippen LogP contribution in [0.1, 0.15) is 16.9 Å². The molecule has 0 amide bonds. The lowest BCUT2D eigenvalue weighted by Crippen LogP contribution is -2.03. The van der Waals surface area contributed by atoms with Gasteiger partial charge in [0, 0.05) is 11.1 Å². The Morgan fingerprint density at radius 1 is 1.32 bits per heavy atom. The molecule has 0 unspecified atom stereocenters. The van der Waals surface area contributed by atoms with E-state index in [1.54, 1.807) is 35.5 Å². The maximum Gasteiger partial charge on any atom is 0.160 e. The predicted octanol–water partition coefficient (Wildman–Crippen LogP) is 3.78. The van der Waals surface area contributed by atoms with Crippen LogP contribution in [0.25, 0.3) is 15.7 Å². The number of fused-ring (bicyclic) bond motifs is 4. The molecule has 4 heterocycles. The average molecular weight is 350 g/mol. The fraction of sp³-hybridized carbons (Fsp3) is 0.222. The Morgan fingerprint density at radius 2 is 2.28 bits per heavy atom. The van der Waals surface area contributed by atoms with Gasteiger partial charge in [-0.15, -0.1) is 11.3 Å². The second-order valence-electron chi connectivity index (χ2n) is 6.02. The van der Waals surface area contributed by atoms with Crippen LogP contribution in [-0.4, -0.2) is 26.7 Å². The maximum absolute atomic E-state index is 5.53. The molecule has 125 valence electrons. The Morgan fingerprint density at radius 3 is 3.20 bits per heavy atom. The van der Waals surface area contributed by atoms with Gasteiger partial charge in [-0.25, -0.2) is 14.5 Å². The third kappa shape index (κ3) is 2.34. The predicted molar refractivity (Wildman–Crippen MR) is 98.8 cm³/mol. The van der Waals surface area contributed by atoms with Crippen molar-refractivity contribution in [2.24, 2.45) is 0 Å². The van der Waals surface area contributed by atoms with Gasteiger partial charge in [0.2, 0.25) is 0 Å². The van der Waals surface area contributed by atoms with Crippen molar-refractivity contribution in [1.29, 1.82) is 0 Å². The minimum Gasteiger partial charge on any atom is -0.493 e. The fourth-order valence-electron chi connectivity index (χ4n) is 3.37. The summed E-state index contributed by atoms with van der Waals surface area (Å²) in [5.41, 5.74) is 3.25. The van der Waals surface area contributed by atoms with Crippen LogP contribution >= 0.6 is 11.3 Å². The Labute approximate surface area is 148 Å². The molecule has 0 saturated heterocycles. The van der Waals surface area contributed by atoms with Gasteiger partial charge in [-0.05, 0) is 43.4 Å². The third-order valence-electron chi connectivity index (χ3n) is 4.57. The lowest BCUT2D eigenvalue weighted by molar-refractivity contribution is 0.413. The number of hydrogen-bond acceptors (Lipinski definition) is 6. The van der Waals surface area contributed by atoms with Crippen LogP contribution in [0.2, 0.25) is 0 Å². The Kier molecular flexibility index (Phi) is 3.34. The van der Waals surface area contributed by atoms with Crippen LogP contribution in [0.3, 0.4) is 0 Å². The molecule has 0 spiro atoms. The van der Waals surface area contributed by atoms with Crippen LogP contribution in [0.15, 0.2) is 30.9 Å². The largest absolute Gasteiger partial charge is 0.493 e. The fourth-order valence-corrected chi connectivity index (χ4v) is 4.56. The molecular formula is C18H16N5OS. The van der Waals surface area contributed by atoms with Gasteiger partial charge in [0.25, 0.3) is 0 Å². The standard InChI is InChI=1S/C18H16N5OS/c1-24-14-9-23-11(6-7-21-23)8-13(14)22-17-16-12-4-2-3-5-15(12)25-18(16)20-10-19-17/h3,6-10H,2,4-5H2,1H3,(H,19,20,22). The zero-order valence-corrected chi connectivity index (χ0v) is 14.5. The van der Waals surface area contributed by atoms with Crippen molar-refractivity contribution >= 4 is 38.6 Å². The first-order chi connectivity index (χ1) is 12.3. The minimum absolute atomic E-state index is 0.723. The molecule has 1 aliphatic carbocycles. The third-order valence-corrected chi connectivity index (χ3v) is 5.73. The van der Waals surface area contributed by atoms with Crippen LogP contribution in [0.4, 0.5) is 11.5 Å². The summed E-state index contributed by atoms with van der Waals surface area (Å²) in [6.45, 7) is 0. The van der Waals surface area contributed by atoms with Gasteiger partial charge >= 0.3 is 0 Å². The molecule has 4 aromatic rings. The number of aromatic nitrogens is 4. The highest BCUT2D eigenvalue weighted by Gasteiger charge is 2.20. The van der Waals surface area contributed by atoms with Crippen molar-refractivity contribution in [2.75, 3.05) is 12.4 Å². The number of anilines is 2. The first-order valence-electron chi connectivity index (χ1n) is 8.19. The number of hydrogen-bond donors (Lipinski definition) is 1. The molecule has 4 aromatic heterocycles. The van der Waals surface area contributed by atoms with E-state index in [4.69, 9.17) is 4.74 Å². The van der Waals surface area contributed by atoms with Crippen LogP contribution < -0.4 is 10.1 Å². The molecule has 0 aliphatic heterocycles. The van der Waals surface area contributed by atoms with Crippen LogP contribution in [-0.2, 0) is 12.8 Å². The van der Waals surface area contributed by atoms with Gasteiger partial charge in [-0.3, -0.25) is 0 Å². The Hall–Kier alpha value is -2.67. The summed E-state index contributed by atoms with van der Waals surface area (Å²) < 4.78 is 7.33. The highest BCUT2D eigenvalue weighted by molar-refractivity contribution is 7.19. The van der Waals surface area contributed by atoms with Gasteiger partial charge in [0.15, 0.2) is 5.75 Å². The normalized spacial score (nSPS) is 14.0. The van der Waals surface area contributed by atoms with Crippen molar-refractivity contribution in [3.05, 3.63) is 47.7 Å². The van der Waals surface area contributed by atoms with Crippen LogP contribution in [0.5, 0.6) is 5.75 Å². The van der Waals surface area contributed by atoms with Gasteiger partial charge in [0.05, 0.1) is 29.9 Å². The van der Waals surface area contributed by atoms with E-state index in [-0.39, 0.29) is 0 Å². The Bertz CT molecular complexity index is 1080. The van der Waals surface area contributed by atoms with E-state index in [2.05, 4.69) is 26.8 Å². The number of aryl methyl sites for hydroxylation is 1. The average Bonchev–Trinajstić information content (AvgIpc) is 3.24. The number of nitrogens with one attached hydrogen (secondary N) is 1. The lowest BCUT2D eigenvalue weighted by Gasteiger charge is -2.14. The summed E-state index contributed by atoms with van der Waals surface area (Å²) in [4.78, 5) is 11.5. The van der Waals surface area contributed by atoms with Crippen molar-refractivity contribution in [2.45, 2.75) is 19.3 Å². The molecule has 1 aliphatic rings. The van der Waals surface area contributed by atoms with Crippen molar-refractivity contribution < 1.29 is 4.74 Å². The number of nitrogens with zero attached hydrogens (tertiary/aromatic N) is 4. The summed E-state index contributed by atoms with van der Waals surface area (Å²) >= 11 is 1.77. The van der Waals surface area contributed by atoms with E-state index in [0.717, 1.165) is 52.3 Å². The summed E-state index contributed by atoms with van der Waals surface area (Å²) in [5, 5.41) is 8.86. The second kappa shape index (κ2) is 5.70. The van der Waals surface area contributed by atoms with Crippen molar-refractivity contribution in [3.8, 4) is 5.75 Å². The van der Waals surface area contributed by atoms with E-state index in [0.29, 0.717) is 0 Å². The van der Waals surface area contributed by atoms with Crippen molar-refractivity contribution in [1.82, 2.24) is 19.6 Å². The summed E-state index contributed by atoms with van der Waals surface area (Å²) in [6.07, 6.45) is 10.8. The van der Waals surface area contributed by atoms with Crippen LogP contribution in [0, 0.1) is 6.42 Å². The zero-order chi connectivity index (χ0) is 16.8. The summed E-state index contributed by atoms with van der Waals surface area (Å²) in [7, 11) is 1.66. The van der Waals surface area contributed by atoms with Gasteiger partial charge in [-0.2, -0.15) is 5.10 Å². The topological polar surface area (TPSA) is 64.3 Å². The number of pyridine rings is 1. The molecule has 1 radical (unpaired) electrons. The SMILES string of the molecule is COc1cn2nccc2cc1Nc1ncnc2sc3c(c12)CC[CH]C3. The van der Waals surface area contributed by atoms with E-state index in [1.165, 1.54) is 10.4 Å². The molecule has 7 heteroatoms. The smallest absolute Gasteiger partial charge is 0.160 e. The first kappa shape index (κ1) is 14.7. The molecule has 0 saturated carbocycles. The molecule has 5 rings (SSSR count). The number of rotatable bonds is 3. The molecule has 1 N–H and O–H groups in total. The lowest BCUT2D eigenvalue weighted by atomic mass is 9.97. The second-order valence-corrected chi connectivity index (χ2v) is 7.10. The quantitative estimate of drug-likeness (QED) is 0.609. The van der Waals surface area contributed by atoms with E-state index >= 15 is 0 Å². The molecular weight excluding hydrogens is 334 g/mol. The summed E-state index contributed by atoms with van der Waals surface area (Å²) in [5.74, 6) is 1.56. The Balaban J connectivity index is 1.66. The zero-order valence-electron chi connectivity index (χ0n) is 13.7. The van der Waals surface area contributed by atoms with Gasteiger partial charge < -0.3 is 10.1 Å². The van der Waals surface area contributed by atoms with E-state index in [9.17, 15) is 0 Å². The minimum atomic E-state index is 0.723. The molecule has 6 nitrogen and oxygen atoms in total. The van der Waals surface area contributed by atoms with Gasteiger partial charge in [0.1, 0.15) is 17.0 Å². The number of methoxy groups -OCH3 is 1. The highest BCUT2D eigenvalue weighted by Crippen LogP contribution is 2.39. The monoisotopic (exact) mass is 350 g/mol. The molecule has 0 aromatic carbocycles. The maximum atomic E-state index is 5.53.